The zero-order valence-corrected chi connectivity index (χ0v) is 11.8. The zero-order chi connectivity index (χ0) is 15.1. The van der Waals surface area contributed by atoms with Gasteiger partial charge in [-0.3, -0.25) is 20.0 Å². The second kappa shape index (κ2) is 7.31. The molecule has 108 valence electrons. The number of nitrogens with zero attached hydrogens (tertiary/aromatic N) is 3. The summed E-state index contributed by atoms with van der Waals surface area (Å²) in [5, 5.41) is 10.9. The number of nitro benzene ring substituents is 1. The van der Waals surface area contributed by atoms with E-state index in [1.54, 1.807) is 30.5 Å². The number of likely N-dealkylation sites (N-methyl/N-ethyl adjacent to an activating group) is 1. The van der Waals surface area contributed by atoms with Crippen LogP contribution in [0.25, 0.3) is 6.08 Å². The van der Waals surface area contributed by atoms with Crippen molar-refractivity contribution in [3.63, 3.8) is 0 Å². The molecule has 5 heteroatoms. The van der Waals surface area contributed by atoms with Crippen molar-refractivity contribution in [2.24, 2.45) is 0 Å². The number of hydrogen-bond acceptors (Lipinski definition) is 4. The molecule has 0 aliphatic heterocycles. The van der Waals surface area contributed by atoms with Crippen molar-refractivity contribution in [1.82, 2.24) is 9.88 Å². The molecule has 1 heterocycles. The average molecular weight is 283 g/mol. The topological polar surface area (TPSA) is 59.3 Å². The highest BCUT2D eigenvalue weighted by Crippen LogP contribution is 2.18. The Morgan fingerprint density at radius 3 is 2.81 bits per heavy atom. The van der Waals surface area contributed by atoms with E-state index in [2.05, 4.69) is 9.88 Å². The van der Waals surface area contributed by atoms with Crippen LogP contribution in [0, 0.1) is 10.1 Å². The predicted octanol–water partition coefficient (Wildman–Crippen LogP) is 3.14. The molecule has 1 aromatic carbocycles. The molecular formula is C16H17N3O2. The standard InChI is InChI=1S/C16H17N3O2/c1-18(13-14-6-4-10-17-12-14)11-5-8-15-7-2-3-9-16(15)19(20)21/h2-10,12H,11,13H2,1H3. The first kappa shape index (κ1) is 14.9. The van der Waals surface area contributed by atoms with E-state index in [0.29, 0.717) is 12.1 Å². The summed E-state index contributed by atoms with van der Waals surface area (Å²) in [5.41, 5.74) is 1.89. The van der Waals surface area contributed by atoms with Gasteiger partial charge >= 0.3 is 0 Å². The van der Waals surface area contributed by atoms with Gasteiger partial charge in [-0.2, -0.15) is 0 Å². The third-order valence-electron chi connectivity index (χ3n) is 3.02. The van der Waals surface area contributed by atoms with Gasteiger partial charge in [0.05, 0.1) is 10.5 Å². The van der Waals surface area contributed by atoms with Crippen LogP contribution >= 0.6 is 0 Å². The van der Waals surface area contributed by atoms with Crippen molar-refractivity contribution in [3.8, 4) is 0 Å². The molecule has 0 N–H and O–H groups in total. The van der Waals surface area contributed by atoms with Gasteiger partial charge in [0.25, 0.3) is 5.69 Å². The van der Waals surface area contributed by atoms with Gasteiger partial charge in [0.15, 0.2) is 0 Å². The largest absolute Gasteiger partial charge is 0.298 e. The van der Waals surface area contributed by atoms with Crippen LogP contribution in [0.1, 0.15) is 11.1 Å². The fourth-order valence-electron chi connectivity index (χ4n) is 2.02. The number of rotatable bonds is 6. The molecule has 0 aliphatic rings. The van der Waals surface area contributed by atoms with Crippen molar-refractivity contribution >= 4 is 11.8 Å². The van der Waals surface area contributed by atoms with Crippen molar-refractivity contribution in [3.05, 3.63) is 76.1 Å². The zero-order valence-electron chi connectivity index (χ0n) is 11.8. The summed E-state index contributed by atoms with van der Waals surface area (Å²) >= 11 is 0. The number of pyridine rings is 1. The Hall–Kier alpha value is -2.53. The van der Waals surface area contributed by atoms with Gasteiger partial charge in [0, 0.05) is 31.5 Å². The van der Waals surface area contributed by atoms with Gasteiger partial charge in [0.2, 0.25) is 0 Å². The van der Waals surface area contributed by atoms with E-state index in [9.17, 15) is 10.1 Å². The van der Waals surface area contributed by atoms with E-state index in [-0.39, 0.29) is 10.6 Å². The Morgan fingerprint density at radius 2 is 2.10 bits per heavy atom. The molecule has 0 saturated heterocycles. The van der Waals surface area contributed by atoms with Crippen LogP contribution in [0.15, 0.2) is 54.9 Å². The second-order valence-electron chi connectivity index (χ2n) is 4.78. The molecule has 21 heavy (non-hydrogen) atoms. The summed E-state index contributed by atoms with van der Waals surface area (Å²) in [6, 6.07) is 10.7. The molecule has 0 radical (unpaired) electrons. The fourth-order valence-corrected chi connectivity index (χ4v) is 2.02. The Labute approximate surface area is 123 Å². The van der Waals surface area contributed by atoms with E-state index in [1.807, 2.05) is 31.5 Å². The first-order chi connectivity index (χ1) is 10.2. The van der Waals surface area contributed by atoms with Crippen molar-refractivity contribution in [1.29, 1.82) is 0 Å². The van der Waals surface area contributed by atoms with Crippen LogP contribution < -0.4 is 0 Å². The molecule has 2 aromatic rings. The second-order valence-corrected chi connectivity index (χ2v) is 4.78. The molecule has 0 bridgehead atoms. The van der Waals surface area contributed by atoms with Gasteiger partial charge < -0.3 is 0 Å². The van der Waals surface area contributed by atoms with Crippen LogP contribution in [0.3, 0.4) is 0 Å². The molecule has 5 nitrogen and oxygen atoms in total. The maximum absolute atomic E-state index is 10.9. The highest BCUT2D eigenvalue weighted by molar-refractivity contribution is 5.60. The molecule has 1 aromatic heterocycles. The quantitative estimate of drug-likeness (QED) is 0.603. The van der Waals surface area contributed by atoms with Crippen LogP contribution in [-0.2, 0) is 6.54 Å². The van der Waals surface area contributed by atoms with Gasteiger partial charge in [0.1, 0.15) is 0 Å². The molecule has 0 saturated carbocycles. The van der Waals surface area contributed by atoms with E-state index in [0.717, 1.165) is 12.1 Å². The van der Waals surface area contributed by atoms with Crippen LogP contribution in [-0.4, -0.2) is 28.4 Å². The molecule has 0 aliphatic carbocycles. The Morgan fingerprint density at radius 1 is 1.29 bits per heavy atom. The lowest BCUT2D eigenvalue weighted by molar-refractivity contribution is -0.385. The molecule has 0 spiro atoms. The van der Waals surface area contributed by atoms with Gasteiger partial charge in [-0.25, -0.2) is 0 Å². The maximum Gasteiger partial charge on any atom is 0.276 e. The summed E-state index contributed by atoms with van der Waals surface area (Å²) in [6.45, 7) is 1.50. The highest BCUT2D eigenvalue weighted by Gasteiger charge is 2.09. The van der Waals surface area contributed by atoms with E-state index < -0.39 is 0 Å². The molecule has 0 unspecified atom stereocenters. The third kappa shape index (κ3) is 4.50. The minimum Gasteiger partial charge on any atom is -0.298 e. The lowest BCUT2D eigenvalue weighted by atomic mass is 10.1. The summed E-state index contributed by atoms with van der Waals surface area (Å²) in [4.78, 5) is 16.7. The Kier molecular flexibility index (Phi) is 5.17. The number of para-hydroxylation sites is 1. The summed E-state index contributed by atoms with van der Waals surface area (Å²) in [5.74, 6) is 0. The van der Waals surface area contributed by atoms with Crippen molar-refractivity contribution < 1.29 is 4.92 Å². The average Bonchev–Trinajstić information content (AvgIpc) is 2.48. The van der Waals surface area contributed by atoms with Gasteiger partial charge in [-0.1, -0.05) is 30.4 Å². The summed E-state index contributed by atoms with van der Waals surface area (Å²) < 4.78 is 0. The number of hydrogen-bond donors (Lipinski definition) is 0. The van der Waals surface area contributed by atoms with Gasteiger partial charge in [-0.05, 0) is 24.7 Å². The Bertz CT molecular complexity index is 626. The minimum absolute atomic E-state index is 0.128. The molecule has 0 fully saturated rings. The normalized spacial score (nSPS) is 11.1. The van der Waals surface area contributed by atoms with Gasteiger partial charge in [-0.15, -0.1) is 0 Å². The lowest BCUT2D eigenvalue weighted by Crippen LogP contribution is -2.17. The number of nitro groups is 1. The molecule has 0 amide bonds. The van der Waals surface area contributed by atoms with Crippen LogP contribution in [0.4, 0.5) is 5.69 Å². The minimum atomic E-state index is -0.362. The first-order valence-electron chi connectivity index (χ1n) is 6.64. The molecular weight excluding hydrogens is 266 g/mol. The van der Waals surface area contributed by atoms with Crippen LogP contribution in [0.5, 0.6) is 0 Å². The smallest absolute Gasteiger partial charge is 0.276 e. The number of aromatic nitrogens is 1. The fraction of sp³-hybridized carbons (Fsp3) is 0.188. The Balaban J connectivity index is 1.95. The van der Waals surface area contributed by atoms with Crippen LogP contribution in [0.2, 0.25) is 0 Å². The predicted molar refractivity (Wildman–Crippen MR) is 82.7 cm³/mol. The van der Waals surface area contributed by atoms with E-state index >= 15 is 0 Å². The highest BCUT2D eigenvalue weighted by atomic mass is 16.6. The van der Waals surface area contributed by atoms with E-state index in [4.69, 9.17) is 0 Å². The summed E-state index contributed by atoms with van der Waals surface area (Å²) in [7, 11) is 2.00. The molecule has 0 atom stereocenters. The van der Waals surface area contributed by atoms with Crippen molar-refractivity contribution in [2.75, 3.05) is 13.6 Å². The van der Waals surface area contributed by atoms with Crippen molar-refractivity contribution in [2.45, 2.75) is 6.54 Å². The molecule has 2 rings (SSSR count). The summed E-state index contributed by atoms with van der Waals surface area (Å²) in [6.07, 6.45) is 7.30. The lowest BCUT2D eigenvalue weighted by Gasteiger charge is -2.13. The maximum atomic E-state index is 10.9. The number of benzene rings is 1. The third-order valence-corrected chi connectivity index (χ3v) is 3.02. The first-order valence-corrected chi connectivity index (χ1v) is 6.64. The SMILES string of the molecule is CN(CC=Cc1ccccc1[N+](=O)[O-])Cc1cccnc1. The van der Waals surface area contributed by atoms with E-state index in [1.165, 1.54) is 6.07 Å². The monoisotopic (exact) mass is 283 g/mol.